The van der Waals surface area contributed by atoms with E-state index in [-0.39, 0.29) is 28.5 Å². The van der Waals surface area contributed by atoms with Gasteiger partial charge in [-0.25, -0.2) is 4.79 Å². The van der Waals surface area contributed by atoms with Crippen molar-refractivity contribution in [2.45, 2.75) is 20.8 Å². The number of amides is 1. The topological polar surface area (TPSA) is 135 Å². The zero-order valence-electron chi connectivity index (χ0n) is 14.7. The molecule has 0 unspecified atom stereocenters. The SMILES string of the molecule is CCOC(=O)c1c(NC(=O)/C(C#N)=C/c2ccc([N+](=O)[O-])o2)sc(C)c1C. The molecule has 0 fully saturated rings. The summed E-state index contributed by atoms with van der Waals surface area (Å²) in [5.41, 5.74) is 0.578. The van der Waals surface area contributed by atoms with Gasteiger partial charge in [0.2, 0.25) is 0 Å². The lowest BCUT2D eigenvalue weighted by Crippen LogP contribution is -2.16. The van der Waals surface area contributed by atoms with Gasteiger partial charge in [0.25, 0.3) is 5.91 Å². The van der Waals surface area contributed by atoms with Crippen molar-refractivity contribution in [1.82, 2.24) is 0 Å². The molecule has 0 aromatic carbocycles. The van der Waals surface area contributed by atoms with E-state index in [4.69, 9.17) is 9.15 Å². The van der Waals surface area contributed by atoms with Gasteiger partial charge in [0.1, 0.15) is 27.3 Å². The smallest absolute Gasteiger partial charge is 0.433 e. The maximum atomic E-state index is 12.4. The van der Waals surface area contributed by atoms with Crippen LogP contribution in [0.3, 0.4) is 0 Å². The van der Waals surface area contributed by atoms with E-state index in [1.54, 1.807) is 26.8 Å². The molecular weight excluding hydrogens is 374 g/mol. The Balaban J connectivity index is 2.31. The van der Waals surface area contributed by atoms with Crippen LogP contribution in [0.25, 0.3) is 6.08 Å². The van der Waals surface area contributed by atoms with Crippen LogP contribution in [0.2, 0.25) is 0 Å². The first-order valence-electron chi connectivity index (χ1n) is 7.73. The zero-order chi connectivity index (χ0) is 20.1. The average Bonchev–Trinajstić information content (AvgIpc) is 3.18. The summed E-state index contributed by atoms with van der Waals surface area (Å²) in [6.45, 7) is 5.38. The molecule has 10 heteroatoms. The van der Waals surface area contributed by atoms with Gasteiger partial charge in [-0.2, -0.15) is 5.26 Å². The molecule has 2 aromatic rings. The molecule has 140 valence electrons. The number of furan rings is 1. The number of aryl methyl sites for hydroxylation is 1. The molecule has 0 radical (unpaired) electrons. The minimum Gasteiger partial charge on any atom is -0.462 e. The molecule has 2 heterocycles. The third-order valence-electron chi connectivity index (χ3n) is 3.54. The predicted octanol–water partition coefficient (Wildman–Crippen LogP) is 3.59. The number of thiophene rings is 1. The summed E-state index contributed by atoms with van der Waals surface area (Å²) >= 11 is 1.18. The normalized spacial score (nSPS) is 11.0. The van der Waals surface area contributed by atoms with Crippen LogP contribution in [-0.2, 0) is 9.53 Å². The van der Waals surface area contributed by atoms with E-state index in [1.807, 2.05) is 0 Å². The highest BCUT2D eigenvalue weighted by Crippen LogP contribution is 2.33. The van der Waals surface area contributed by atoms with Crippen molar-refractivity contribution in [1.29, 1.82) is 5.26 Å². The van der Waals surface area contributed by atoms with Crippen molar-refractivity contribution in [2.75, 3.05) is 11.9 Å². The number of nitrogens with zero attached hydrogens (tertiary/aromatic N) is 2. The molecule has 27 heavy (non-hydrogen) atoms. The fourth-order valence-corrected chi connectivity index (χ4v) is 3.19. The monoisotopic (exact) mass is 389 g/mol. The van der Waals surface area contributed by atoms with E-state index in [1.165, 1.54) is 17.4 Å². The summed E-state index contributed by atoms with van der Waals surface area (Å²) in [6.07, 6.45) is 1.08. The number of hydrogen-bond acceptors (Lipinski definition) is 8. The lowest BCUT2D eigenvalue weighted by Gasteiger charge is -2.06. The van der Waals surface area contributed by atoms with Crippen molar-refractivity contribution in [3.05, 3.63) is 49.6 Å². The lowest BCUT2D eigenvalue weighted by atomic mass is 10.1. The van der Waals surface area contributed by atoms with E-state index >= 15 is 0 Å². The summed E-state index contributed by atoms with van der Waals surface area (Å²) in [7, 11) is 0. The zero-order valence-corrected chi connectivity index (χ0v) is 15.5. The van der Waals surface area contributed by atoms with Crippen LogP contribution in [-0.4, -0.2) is 23.4 Å². The van der Waals surface area contributed by atoms with Crippen LogP contribution in [0.15, 0.2) is 22.1 Å². The second kappa shape index (κ2) is 8.29. The highest BCUT2D eigenvalue weighted by molar-refractivity contribution is 7.16. The molecular formula is C17H15N3O6S. The maximum Gasteiger partial charge on any atom is 0.433 e. The van der Waals surface area contributed by atoms with E-state index in [2.05, 4.69) is 5.32 Å². The Labute approximate surface area is 158 Å². The van der Waals surface area contributed by atoms with Gasteiger partial charge < -0.3 is 14.5 Å². The standard InChI is InChI=1S/C17H15N3O6S/c1-4-25-17(22)14-9(2)10(3)27-16(14)19-15(21)11(8-18)7-12-5-6-13(26-12)20(23)24/h5-7H,4H2,1-3H3,(H,19,21)/b11-7+. The Morgan fingerprint density at radius 2 is 2.15 bits per heavy atom. The van der Waals surface area contributed by atoms with Crippen LogP contribution in [0.5, 0.6) is 0 Å². The number of carbonyl (C=O) groups excluding carboxylic acids is 2. The third-order valence-corrected chi connectivity index (χ3v) is 4.66. The highest BCUT2D eigenvalue weighted by Gasteiger charge is 2.23. The van der Waals surface area contributed by atoms with Gasteiger partial charge in [0.05, 0.1) is 18.2 Å². The van der Waals surface area contributed by atoms with E-state index < -0.39 is 22.7 Å². The van der Waals surface area contributed by atoms with Crippen molar-refractivity contribution >= 4 is 40.2 Å². The fourth-order valence-electron chi connectivity index (χ4n) is 2.14. The van der Waals surface area contributed by atoms with Crippen molar-refractivity contribution in [3.8, 4) is 6.07 Å². The van der Waals surface area contributed by atoms with E-state index in [9.17, 15) is 25.0 Å². The summed E-state index contributed by atoms with van der Waals surface area (Å²) < 4.78 is 9.93. The second-order valence-electron chi connectivity index (χ2n) is 5.26. The Morgan fingerprint density at radius 1 is 1.44 bits per heavy atom. The Hall–Kier alpha value is -3.45. The van der Waals surface area contributed by atoms with Gasteiger partial charge in [0, 0.05) is 11.0 Å². The molecule has 9 nitrogen and oxygen atoms in total. The molecule has 0 saturated heterocycles. The number of esters is 1. The maximum absolute atomic E-state index is 12.4. The Morgan fingerprint density at radius 3 is 2.70 bits per heavy atom. The Kier molecular flexibility index (Phi) is 6.10. The molecule has 0 spiro atoms. The molecule has 0 atom stereocenters. The summed E-state index contributed by atoms with van der Waals surface area (Å²) in [5, 5.41) is 22.7. The summed E-state index contributed by atoms with van der Waals surface area (Å²) in [4.78, 5) is 35.3. The molecule has 1 N–H and O–H groups in total. The summed E-state index contributed by atoms with van der Waals surface area (Å²) in [5.74, 6) is -1.87. The first-order valence-corrected chi connectivity index (χ1v) is 8.54. The number of nitrogens with one attached hydrogen (secondary N) is 1. The van der Waals surface area contributed by atoms with Gasteiger partial charge in [0.15, 0.2) is 0 Å². The van der Waals surface area contributed by atoms with Gasteiger partial charge in [-0.1, -0.05) is 0 Å². The molecule has 2 rings (SSSR count). The minimum atomic E-state index is -0.775. The lowest BCUT2D eigenvalue weighted by molar-refractivity contribution is -0.402. The summed E-state index contributed by atoms with van der Waals surface area (Å²) in [6, 6.07) is 4.10. The predicted molar refractivity (Wildman–Crippen MR) is 97.3 cm³/mol. The number of hydrogen-bond donors (Lipinski definition) is 1. The molecule has 0 aliphatic rings. The minimum absolute atomic E-state index is 0.0162. The average molecular weight is 389 g/mol. The first kappa shape index (κ1) is 19.9. The first-order chi connectivity index (χ1) is 12.8. The number of carbonyl (C=O) groups is 2. The highest BCUT2D eigenvalue weighted by atomic mass is 32.1. The molecule has 0 bridgehead atoms. The molecule has 2 aromatic heterocycles. The van der Waals surface area contributed by atoms with Crippen LogP contribution in [0, 0.1) is 35.3 Å². The largest absolute Gasteiger partial charge is 0.462 e. The quantitative estimate of drug-likeness (QED) is 0.262. The molecule has 1 amide bonds. The third kappa shape index (κ3) is 4.39. The second-order valence-corrected chi connectivity index (χ2v) is 6.49. The van der Waals surface area contributed by atoms with Gasteiger partial charge in [-0.15, -0.1) is 11.3 Å². The van der Waals surface area contributed by atoms with Crippen LogP contribution in [0.1, 0.15) is 33.5 Å². The van der Waals surface area contributed by atoms with Crippen molar-refractivity contribution in [2.24, 2.45) is 0 Å². The fraction of sp³-hybridized carbons (Fsp3) is 0.235. The Bertz CT molecular complexity index is 979. The van der Waals surface area contributed by atoms with Crippen LogP contribution >= 0.6 is 11.3 Å². The van der Waals surface area contributed by atoms with Gasteiger partial charge in [-0.05, 0) is 32.4 Å². The number of nitriles is 1. The van der Waals surface area contributed by atoms with Crippen LogP contribution in [0.4, 0.5) is 10.9 Å². The van der Waals surface area contributed by atoms with Crippen LogP contribution < -0.4 is 5.32 Å². The van der Waals surface area contributed by atoms with E-state index in [0.717, 1.165) is 17.0 Å². The molecule has 0 aliphatic carbocycles. The number of ether oxygens (including phenoxy) is 1. The van der Waals surface area contributed by atoms with E-state index in [0.29, 0.717) is 5.56 Å². The molecule has 0 aliphatic heterocycles. The van der Waals surface area contributed by atoms with Crippen molar-refractivity contribution in [3.63, 3.8) is 0 Å². The number of anilines is 1. The van der Waals surface area contributed by atoms with Gasteiger partial charge >= 0.3 is 11.9 Å². The van der Waals surface area contributed by atoms with Gasteiger partial charge in [-0.3, -0.25) is 14.9 Å². The molecule has 0 saturated carbocycles. The van der Waals surface area contributed by atoms with Crippen molar-refractivity contribution < 1.29 is 23.7 Å². The number of rotatable bonds is 6. The number of nitro groups is 1.